The van der Waals surface area contributed by atoms with Crippen LogP contribution in [-0.2, 0) is 0 Å². The molecule has 1 rings (SSSR count). The van der Waals surface area contributed by atoms with Gasteiger partial charge in [0.1, 0.15) is 0 Å². The van der Waals surface area contributed by atoms with Crippen molar-refractivity contribution < 1.29 is 0 Å². The molecule has 0 amide bonds. The van der Waals surface area contributed by atoms with Gasteiger partial charge in [-0.15, -0.1) is 0 Å². The monoisotopic (exact) mass is 265 g/mol. The standard InChI is InChI=1S/C10H18I/c11-9-8-10-6-4-2-1-3-5-7-10/h1-9H2. The zero-order valence-electron chi connectivity index (χ0n) is 7.24. The molecular weight excluding hydrogens is 247 g/mol. The first-order valence-electron chi connectivity index (χ1n) is 4.83. The van der Waals surface area contributed by atoms with Crippen molar-refractivity contribution in [3.05, 3.63) is 5.92 Å². The van der Waals surface area contributed by atoms with Gasteiger partial charge in [-0.3, -0.25) is 0 Å². The van der Waals surface area contributed by atoms with Crippen LogP contribution in [0.15, 0.2) is 0 Å². The Morgan fingerprint density at radius 3 is 2.00 bits per heavy atom. The highest BCUT2D eigenvalue weighted by atomic mass is 127. The molecule has 1 aliphatic rings. The van der Waals surface area contributed by atoms with Crippen molar-refractivity contribution in [1.29, 1.82) is 0 Å². The van der Waals surface area contributed by atoms with E-state index in [2.05, 4.69) is 22.6 Å². The van der Waals surface area contributed by atoms with Crippen LogP contribution in [-0.4, -0.2) is 4.43 Å². The first-order chi connectivity index (χ1) is 5.43. The molecular formula is C10H18I. The second-order valence-corrected chi connectivity index (χ2v) is 4.54. The topological polar surface area (TPSA) is 0 Å². The van der Waals surface area contributed by atoms with Crippen LogP contribution in [0.5, 0.6) is 0 Å². The number of rotatable bonds is 2. The lowest BCUT2D eigenvalue weighted by molar-refractivity contribution is 0.514. The van der Waals surface area contributed by atoms with Crippen LogP contribution in [0.4, 0.5) is 0 Å². The lowest BCUT2D eigenvalue weighted by atomic mass is 9.90. The Bertz CT molecular complexity index is 82.9. The molecule has 0 bridgehead atoms. The van der Waals surface area contributed by atoms with E-state index in [1.807, 2.05) is 5.92 Å². The summed E-state index contributed by atoms with van der Waals surface area (Å²) >= 11 is 2.49. The molecule has 0 aliphatic heterocycles. The molecule has 0 saturated heterocycles. The van der Waals surface area contributed by atoms with Crippen LogP contribution < -0.4 is 0 Å². The number of hydrogen-bond donors (Lipinski definition) is 0. The van der Waals surface area contributed by atoms with E-state index >= 15 is 0 Å². The quantitative estimate of drug-likeness (QED) is 0.520. The second-order valence-electron chi connectivity index (χ2n) is 3.46. The van der Waals surface area contributed by atoms with Crippen LogP contribution in [0.25, 0.3) is 0 Å². The zero-order chi connectivity index (χ0) is 7.94. The molecule has 0 unspecified atom stereocenters. The Morgan fingerprint density at radius 1 is 0.909 bits per heavy atom. The zero-order valence-corrected chi connectivity index (χ0v) is 9.40. The summed E-state index contributed by atoms with van der Waals surface area (Å²) in [6.45, 7) is 0. The van der Waals surface area contributed by atoms with E-state index in [1.54, 1.807) is 0 Å². The maximum atomic E-state index is 2.49. The molecule has 1 heteroatoms. The van der Waals surface area contributed by atoms with Crippen LogP contribution in [0.1, 0.15) is 51.4 Å². The van der Waals surface area contributed by atoms with Crippen LogP contribution in [0.2, 0.25) is 0 Å². The van der Waals surface area contributed by atoms with E-state index in [0.29, 0.717) is 0 Å². The van der Waals surface area contributed by atoms with E-state index in [4.69, 9.17) is 0 Å². The summed E-state index contributed by atoms with van der Waals surface area (Å²) in [6, 6.07) is 0. The first kappa shape index (κ1) is 9.82. The van der Waals surface area contributed by atoms with Gasteiger partial charge in [0.05, 0.1) is 0 Å². The molecule has 0 aromatic heterocycles. The minimum atomic E-state index is 1.33. The lowest BCUT2D eigenvalue weighted by Gasteiger charge is -2.17. The van der Waals surface area contributed by atoms with Gasteiger partial charge in [0.2, 0.25) is 0 Å². The van der Waals surface area contributed by atoms with E-state index in [9.17, 15) is 0 Å². The third-order valence-electron chi connectivity index (χ3n) is 2.51. The minimum Gasteiger partial charge on any atom is -0.0864 e. The molecule has 0 aromatic carbocycles. The predicted molar refractivity (Wildman–Crippen MR) is 59.1 cm³/mol. The fourth-order valence-corrected chi connectivity index (χ4v) is 2.55. The average molecular weight is 265 g/mol. The van der Waals surface area contributed by atoms with Gasteiger partial charge in [-0.2, -0.15) is 0 Å². The molecule has 0 atom stereocenters. The van der Waals surface area contributed by atoms with Gasteiger partial charge in [-0.05, 0) is 25.2 Å². The molecule has 0 N–H and O–H groups in total. The number of halogens is 1. The Labute approximate surface area is 84.3 Å². The van der Waals surface area contributed by atoms with Crippen molar-refractivity contribution in [3.63, 3.8) is 0 Å². The Kier molecular flexibility index (Phi) is 5.59. The molecule has 1 aliphatic carbocycles. The van der Waals surface area contributed by atoms with Crippen molar-refractivity contribution in [3.8, 4) is 0 Å². The van der Waals surface area contributed by atoms with Gasteiger partial charge in [0.25, 0.3) is 0 Å². The van der Waals surface area contributed by atoms with Crippen molar-refractivity contribution in [2.24, 2.45) is 0 Å². The molecule has 1 saturated carbocycles. The molecule has 65 valence electrons. The van der Waals surface area contributed by atoms with Crippen LogP contribution in [0, 0.1) is 5.92 Å². The summed E-state index contributed by atoms with van der Waals surface area (Å²) in [4.78, 5) is 0. The summed E-state index contributed by atoms with van der Waals surface area (Å²) in [6.07, 6.45) is 11.6. The third-order valence-corrected chi connectivity index (χ3v) is 3.05. The largest absolute Gasteiger partial charge is 0.0864 e. The van der Waals surface area contributed by atoms with Crippen LogP contribution >= 0.6 is 22.6 Å². The second kappa shape index (κ2) is 6.27. The maximum absolute atomic E-state index is 2.49. The first-order valence-corrected chi connectivity index (χ1v) is 6.35. The molecule has 0 nitrogen and oxygen atoms in total. The minimum absolute atomic E-state index is 1.33. The summed E-state index contributed by atoms with van der Waals surface area (Å²) in [5.41, 5.74) is 0. The van der Waals surface area contributed by atoms with Gasteiger partial charge in [-0.25, -0.2) is 0 Å². The van der Waals surface area contributed by atoms with Crippen LogP contribution in [0.3, 0.4) is 0 Å². The van der Waals surface area contributed by atoms with Gasteiger partial charge in [-0.1, -0.05) is 54.7 Å². The average Bonchev–Trinajstić information content (AvgIpc) is 1.94. The van der Waals surface area contributed by atoms with E-state index in [0.717, 1.165) is 0 Å². The van der Waals surface area contributed by atoms with Gasteiger partial charge in [0.15, 0.2) is 0 Å². The van der Waals surface area contributed by atoms with Gasteiger partial charge >= 0.3 is 0 Å². The van der Waals surface area contributed by atoms with E-state index < -0.39 is 0 Å². The highest BCUT2D eigenvalue weighted by Gasteiger charge is 2.10. The van der Waals surface area contributed by atoms with Crippen molar-refractivity contribution in [1.82, 2.24) is 0 Å². The van der Waals surface area contributed by atoms with Crippen molar-refractivity contribution in [2.75, 3.05) is 4.43 Å². The molecule has 0 spiro atoms. The Morgan fingerprint density at radius 2 is 1.45 bits per heavy atom. The summed E-state index contributed by atoms with van der Waals surface area (Å²) in [7, 11) is 0. The summed E-state index contributed by atoms with van der Waals surface area (Å²) < 4.78 is 1.33. The molecule has 11 heavy (non-hydrogen) atoms. The molecule has 0 aromatic rings. The normalized spacial score (nSPS) is 22.6. The summed E-state index contributed by atoms with van der Waals surface area (Å²) in [5, 5.41) is 0. The fraction of sp³-hybridized carbons (Fsp3) is 0.900. The Hall–Kier alpha value is 0.730. The fourth-order valence-electron chi connectivity index (χ4n) is 1.79. The molecule has 0 heterocycles. The Balaban J connectivity index is 2.15. The number of alkyl halides is 1. The molecule has 1 fully saturated rings. The van der Waals surface area contributed by atoms with Crippen molar-refractivity contribution in [2.45, 2.75) is 51.4 Å². The predicted octanol–water partition coefficient (Wildman–Crippen LogP) is 4.13. The SMILES string of the molecule is ICC[C]1CCCCCCC1. The van der Waals surface area contributed by atoms with E-state index in [-0.39, 0.29) is 0 Å². The van der Waals surface area contributed by atoms with Gasteiger partial charge < -0.3 is 0 Å². The lowest BCUT2D eigenvalue weighted by Crippen LogP contribution is -2.01. The summed E-state index contributed by atoms with van der Waals surface area (Å²) in [5.74, 6) is 1.85. The highest BCUT2D eigenvalue weighted by Crippen LogP contribution is 2.26. The molecule has 1 radical (unpaired) electrons. The number of hydrogen-bond acceptors (Lipinski definition) is 0. The highest BCUT2D eigenvalue weighted by molar-refractivity contribution is 14.1. The smallest absolute Gasteiger partial charge is 0.0000762 e. The maximum Gasteiger partial charge on any atom is 0.0000762 e. The van der Waals surface area contributed by atoms with E-state index in [1.165, 1.54) is 55.8 Å². The third kappa shape index (κ3) is 4.34. The van der Waals surface area contributed by atoms with Crippen molar-refractivity contribution >= 4 is 22.6 Å². The van der Waals surface area contributed by atoms with Gasteiger partial charge in [0, 0.05) is 4.43 Å².